The van der Waals surface area contributed by atoms with E-state index < -0.39 is 14.9 Å². The summed E-state index contributed by atoms with van der Waals surface area (Å²) in [6.45, 7) is 0.693. The first-order valence-corrected chi connectivity index (χ1v) is 11.9. The van der Waals surface area contributed by atoms with Crippen LogP contribution in [0.3, 0.4) is 0 Å². The largest absolute Gasteiger partial charge is 0.470 e. The van der Waals surface area contributed by atoms with Gasteiger partial charge in [-0.2, -0.15) is 14.5 Å². The van der Waals surface area contributed by atoms with E-state index in [1.54, 1.807) is 13.2 Å². The number of aromatic nitrogens is 4. The Morgan fingerprint density at radius 3 is 2.59 bits per heavy atom. The average molecular weight is 510 g/mol. The van der Waals surface area contributed by atoms with Crippen molar-refractivity contribution in [3.05, 3.63) is 63.7 Å². The summed E-state index contributed by atoms with van der Waals surface area (Å²) in [4.78, 5) is 24.7. The van der Waals surface area contributed by atoms with E-state index in [1.807, 2.05) is 0 Å². The molecule has 2 aromatic heterocycles. The zero-order valence-electron chi connectivity index (χ0n) is 17.9. The smallest absolute Gasteiger partial charge is 0.274 e. The number of nitrogens with zero attached hydrogens (tertiary/aromatic N) is 7. The predicted octanol–water partition coefficient (Wildman–Crippen LogP) is 1.36. The maximum absolute atomic E-state index is 12.8. The molecule has 13 nitrogen and oxygen atoms in total. The van der Waals surface area contributed by atoms with Crippen LogP contribution in [0.5, 0.6) is 5.75 Å². The number of aryl methyl sites for hydroxylation is 1. The van der Waals surface area contributed by atoms with E-state index >= 15 is 0 Å². The molecule has 1 aromatic carbocycles. The molecule has 0 saturated carbocycles. The van der Waals surface area contributed by atoms with Crippen molar-refractivity contribution < 1.29 is 22.9 Å². The van der Waals surface area contributed by atoms with Gasteiger partial charge in [0.2, 0.25) is 10.0 Å². The quantitative estimate of drug-likeness (QED) is 0.342. The highest BCUT2D eigenvalue weighted by atomic mass is 35.5. The van der Waals surface area contributed by atoms with Crippen molar-refractivity contribution in [3.63, 3.8) is 0 Å². The number of benzene rings is 1. The van der Waals surface area contributed by atoms with Crippen molar-refractivity contribution in [1.82, 2.24) is 28.8 Å². The molecule has 0 unspecified atom stereocenters. The van der Waals surface area contributed by atoms with E-state index in [-0.39, 0.29) is 65.9 Å². The fourth-order valence-electron chi connectivity index (χ4n) is 3.38. The van der Waals surface area contributed by atoms with Crippen LogP contribution in [0.2, 0.25) is 5.02 Å². The molecule has 3 aromatic rings. The summed E-state index contributed by atoms with van der Waals surface area (Å²) in [5.41, 5.74) is 0.0274. The van der Waals surface area contributed by atoms with E-state index in [4.69, 9.17) is 16.3 Å². The van der Waals surface area contributed by atoms with Crippen LogP contribution in [0.15, 0.2) is 47.8 Å². The van der Waals surface area contributed by atoms with Crippen LogP contribution in [0.25, 0.3) is 0 Å². The van der Waals surface area contributed by atoms with Gasteiger partial charge in [-0.1, -0.05) is 11.6 Å². The van der Waals surface area contributed by atoms with Crippen LogP contribution >= 0.6 is 11.6 Å². The number of piperazine rings is 1. The third-order valence-corrected chi connectivity index (χ3v) is 7.33. The SMILES string of the molecule is Cn1cc(S(=O)(=O)N2CCN(C(=O)c3ccn(COc4ccc([N+](=O)[O-])cc4Cl)n3)CC2)cn1. The van der Waals surface area contributed by atoms with Crippen molar-refractivity contribution >= 4 is 33.2 Å². The van der Waals surface area contributed by atoms with E-state index in [0.29, 0.717) is 0 Å². The summed E-state index contributed by atoms with van der Waals surface area (Å²) in [5.74, 6) is -0.0906. The van der Waals surface area contributed by atoms with Gasteiger partial charge in [0.15, 0.2) is 12.4 Å². The Hall–Kier alpha value is -3.49. The molecule has 1 fully saturated rings. The molecule has 0 bridgehead atoms. The van der Waals surface area contributed by atoms with E-state index in [2.05, 4.69) is 10.2 Å². The molecule has 1 aliphatic heterocycles. The van der Waals surface area contributed by atoms with Gasteiger partial charge in [0.05, 0.1) is 16.1 Å². The lowest BCUT2D eigenvalue weighted by atomic mass is 10.3. The molecule has 180 valence electrons. The minimum Gasteiger partial charge on any atom is -0.470 e. The molecule has 1 aliphatic rings. The standard InChI is InChI=1S/C19H20ClN7O6S/c1-23-12-15(11-21-23)34(31,32)26-8-6-24(7-9-26)19(28)17-4-5-25(22-17)13-33-18-3-2-14(27(29)30)10-16(18)20/h2-5,10-12H,6-9,13H2,1H3. The highest BCUT2D eigenvalue weighted by Crippen LogP contribution is 2.28. The third kappa shape index (κ3) is 4.88. The van der Waals surface area contributed by atoms with Crippen LogP contribution in [-0.4, -0.2) is 74.2 Å². The molecule has 0 spiro atoms. The van der Waals surface area contributed by atoms with Gasteiger partial charge in [-0.25, -0.2) is 13.1 Å². The number of non-ortho nitro benzene ring substituents is 1. The Morgan fingerprint density at radius 2 is 1.97 bits per heavy atom. The molecule has 1 amide bonds. The minimum absolute atomic E-state index is 0.0675. The summed E-state index contributed by atoms with van der Waals surface area (Å²) in [5, 5.41) is 19.0. The fourth-order valence-corrected chi connectivity index (χ4v) is 5.02. The van der Waals surface area contributed by atoms with Crippen molar-refractivity contribution in [2.45, 2.75) is 11.6 Å². The van der Waals surface area contributed by atoms with Crippen LogP contribution in [0.4, 0.5) is 5.69 Å². The normalized spacial score (nSPS) is 14.8. The first-order chi connectivity index (χ1) is 16.1. The lowest BCUT2D eigenvalue weighted by Gasteiger charge is -2.33. The molecule has 0 N–H and O–H groups in total. The number of hydrogen-bond donors (Lipinski definition) is 0. The Kier molecular flexibility index (Phi) is 6.54. The van der Waals surface area contributed by atoms with Gasteiger partial charge in [-0.3, -0.25) is 19.6 Å². The molecule has 0 atom stereocenters. The summed E-state index contributed by atoms with van der Waals surface area (Å²) in [6, 6.07) is 5.37. The van der Waals surface area contributed by atoms with Crippen LogP contribution in [-0.2, 0) is 23.8 Å². The number of carbonyl (C=O) groups is 1. The highest BCUT2D eigenvalue weighted by molar-refractivity contribution is 7.89. The van der Waals surface area contributed by atoms with E-state index in [1.165, 1.54) is 55.2 Å². The van der Waals surface area contributed by atoms with E-state index in [9.17, 15) is 23.3 Å². The lowest BCUT2D eigenvalue weighted by molar-refractivity contribution is -0.384. The Labute approximate surface area is 199 Å². The molecule has 15 heteroatoms. The average Bonchev–Trinajstić information content (AvgIpc) is 3.47. The van der Waals surface area contributed by atoms with Crippen LogP contribution in [0.1, 0.15) is 10.5 Å². The molecule has 34 heavy (non-hydrogen) atoms. The number of carbonyl (C=O) groups excluding carboxylic acids is 1. The minimum atomic E-state index is -3.67. The maximum Gasteiger partial charge on any atom is 0.274 e. The number of hydrogen-bond acceptors (Lipinski definition) is 8. The summed E-state index contributed by atoms with van der Waals surface area (Å²) in [7, 11) is -2.03. The number of ether oxygens (including phenoxy) is 1. The van der Waals surface area contributed by atoms with Gasteiger partial charge in [-0.05, 0) is 12.1 Å². The second-order valence-corrected chi connectivity index (χ2v) is 9.78. The number of amides is 1. The number of sulfonamides is 1. The third-order valence-electron chi connectivity index (χ3n) is 5.18. The fraction of sp³-hybridized carbons (Fsp3) is 0.316. The Bertz CT molecular complexity index is 1330. The van der Waals surface area contributed by atoms with Crippen LogP contribution in [0, 0.1) is 10.1 Å². The van der Waals surface area contributed by atoms with Crippen LogP contribution < -0.4 is 4.74 Å². The summed E-state index contributed by atoms with van der Waals surface area (Å²) < 4.78 is 35.1. The Balaban J connectivity index is 1.34. The molecule has 4 rings (SSSR count). The van der Waals surface area contributed by atoms with E-state index in [0.717, 1.165) is 0 Å². The summed E-state index contributed by atoms with van der Waals surface area (Å²) in [6.07, 6.45) is 4.28. The molecular formula is C19H20ClN7O6S. The zero-order chi connectivity index (χ0) is 24.5. The van der Waals surface area contributed by atoms with Gasteiger partial charge in [0.1, 0.15) is 10.6 Å². The van der Waals surface area contributed by atoms with Gasteiger partial charge in [0.25, 0.3) is 11.6 Å². The maximum atomic E-state index is 12.8. The topological polar surface area (TPSA) is 146 Å². The van der Waals surface area contributed by atoms with Crippen molar-refractivity contribution in [3.8, 4) is 5.75 Å². The molecular weight excluding hydrogens is 490 g/mol. The Morgan fingerprint density at radius 1 is 1.24 bits per heavy atom. The van der Waals surface area contributed by atoms with Gasteiger partial charge >= 0.3 is 0 Å². The first kappa shape index (κ1) is 23.7. The molecule has 1 saturated heterocycles. The van der Waals surface area contributed by atoms with Gasteiger partial charge in [0, 0.05) is 57.8 Å². The number of halogens is 1. The number of rotatable bonds is 7. The predicted molar refractivity (Wildman–Crippen MR) is 119 cm³/mol. The number of nitro groups is 1. The van der Waals surface area contributed by atoms with Crippen molar-refractivity contribution in [2.75, 3.05) is 26.2 Å². The zero-order valence-corrected chi connectivity index (χ0v) is 19.5. The lowest BCUT2D eigenvalue weighted by Crippen LogP contribution is -2.50. The highest BCUT2D eigenvalue weighted by Gasteiger charge is 2.31. The second kappa shape index (κ2) is 9.40. The number of nitro benzene ring substituents is 1. The molecule has 0 radical (unpaired) electrons. The first-order valence-electron chi connectivity index (χ1n) is 10.0. The monoisotopic (exact) mass is 509 g/mol. The van der Waals surface area contributed by atoms with Crippen molar-refractivity contribution in [1.29, 1.82) is 0 Å². The van der Waals surface area contributed by atoms with Gasteiger partial charge < -0.3 is 9.64 Å². The summed E-state index contributed by atoms with van der Waals surface area (Å²) >= 11 is 6.01. The molecule has 0 aliphatic carbocycles. The second-order valence-electron chi connectivity index (χ2n) is 7.43. The van der Waals surface area contributed by atoms with Crippen molar-refractivity contribution in [2.24, 2.45) is 7.05 Å². The van der Waals surface area contributed by atoms with Gasteiger partial charge in [-0.15, -0.1) is 0 Å². The molecule has 3 heterocycles.